The standard InChI is InChI=1S/C11H14ClNO/c12-9-3-1-8(2-4-9)11(7-14)13-10-5-6-10/h1-4,10-11,13-14H,5-7H2. The maximum absolute atomic E-state index is 9.23. The molecule has 1 aliphatic carbocycles. The maximum Gasteiger partial charge on any atom is 0.0626 e. The molecule has 1 atom stereocenters. The molecular formula is C11H14ClNO. The van der Waals surface area contributed by atoms with Gasteiger partial charge < -0.3 is 10.4 Å². The van der Waals surface area contributed by atoms with Crippen LogP contribution >= 0.6 is 11.6 Å². The van der Waals surface area contributed by atoms with E-state index in [1.54, 1.807) is 0 Å². The van der Waals surface area contributed by atoms with Crippen molar-refractivity contribution in [2.24, 2.45) is 0 Å². The molecule has 14 heavy (non-hydrogen) atoms. The molecule has 0 radical (unpaired) electrons. The van der Waals surface area contributed by atoms with Crippen molar-refractivity contribution in [2.75, 3.05) is 6.61 Å². The summed E-state index contributed by atoms with van der Waals surface area (Å²) in [5.74, 6) is 0. The highest BCUT2D eigenvalue weighted by Gasteiger charge is 2.24. The molecule has 1 saturated carbocycles. The number of halogens is 1. The topological polar surface area (TPSA) is 32.3 Å². The predicted molar refractivity (Wildman–Crippen MR) is 57.4 cm³/mol. The first-order chi connectivity index (χ1) is 6.79. The molecular weight excluding hydrogens is 198 g/mol. The summed E-state index contributed by atoms with van der Waals surface area (Å²) < 4.78 is 0. The Balaban J connectivity index is 2.05. The number of benzene rings is 1. The van der Waals surface area contributed by atoms with Gasteiger partial charge in [0.15, 0.2) is 0 Å². The van der Waals surface area contributed by atoms with Crippen LogP contribution in [0.1, 0.15) is 24.4 Å². The summed E-state index contributed by atoms with van der Waals surface area (Å²) in [6.45, 7) is 0.137. The molecule has 1 aromatic rings. The van der Waals surface area contributed by atoms with Crippen molar-refractivity contribution >= 4 is 11.6 Å². The fraction of sp³-hybridized carbons (Fsp3) is 0.455. The fourth-order valence-electron chi connectivity index (χ4n) is 1.48. The lowest BCUT2D eigenvalue weighted by molar-refractivity contribution is 0.243. The van der Waals surface area contributed by atoms with Crippen molar-refractivity contribution < 1.29 is 5.11 Å². The van der Waals surface area contributed by atoms with E-state index in [2.05, 4.69) is 5.32 Å². The van der Waals surface area contributed by atoms with Gasteiger partial charge in [-0.15, -0.1) is 0 Å². The Labute approximate surface area is 88.9 Å². The number of hydrogen-bond donors (Lipinski definition) is 2. The third kappa shape index (κ3) is 2.47. The minimum atomic E-state index is 0.0553. The SMILES string of the molecule is OCC(NC1CC1)c1ccc(Cl)cc1. The van der Waals surface area contributed by atoms with Crippen molar-refractivity contribution in [2.45, 2.75) is 24.9 Å². The molecule has 1 unspecified atom stereocenters. The molecule has 0 saturated heterocycles. The number of aliphatic hydroxyl groups excluding tert-OH is 1. The molecule has 1 fully saturated rings. The molecule has 1 aromatic carbocycles. The average molecular weight is 212 g/mol. The van der Waals surface area contributed by atoms with E-state index in [1.165, 1.54) is 12.8 Å². The molecule has 0 amide bonds. The molecule has 76 valence electrons. The molecule has 0 aromatic heterocycles. The summed E-state index contributed by atoms with van der Waals surface area (Å²) in [6.07, 6.45) is 2.45. The smallest absolute Gasteiger partial charge is 0.0626 e. The number of hydrogen-bond acceptors (Lipinski definition) is 2. The third-order valence-corrected chi connectivity index (χ3v) is 2.72. The zero-order chi connectivity index (χ0) is 9.97. The van der Waals surface area contributed by atoms with Crippen LogP contribution in [0.25, 0.3) is 0 Å². The highest BCUT2D eigenvalue weighted by atomic mass is 35.5. The lowest BCUT2D eigenvalue weighted by Gasteiger charge is -2.16. The van der Waals surface area contributed by atoms with Gasteiger partial charge in [0, 0.05) is 11.1 Å². The van der Waals surface area contributed by atoms with Gasteiger partial charge >= 0.3 is 0 Å². The van der Waals surface area contributed by atoms with Crippen molar-refractivity contribution in [3.05, 3.63) is 34.9 Å². The van der Waals surface area contributed by atoms with Gasteiger partial charge in [0.05, 0.1) is 12.6 Å². The van der Waals surface area contributed by atoms with Crippen molar-refractivity contribution in [3.8, 4) is 0 Å². The lowest BCUT2D eigenvalue weighted by atomic mass is 10.1. The Morgan fingerprint density at radius 1 is 1.36 bits per heavy atom. The first-order valence-corrected chi connectivity index (χ1v) is 5.30. The molecule has 2 rings (SSSR count). The van der Waals surface area contributed by atoms with Crippen LogP contribution in [0.4, 0.5) is 0 Å². The van der Waals surface area contributed by atoms with Crippen LogP contribution < -0.4 is 5.32 Å². The summed E-state index contributed by atoms with van der Waals surface area (Å²) in [5.41, 5.74) is 1.10. The molecule has 2 N–H and O–H groups in total. The summed E-state index contributed by atoms with van der Waals surface area (Å²) in [5, 5.41) is 13.3. The summed E-state index contributed by atoms with van der Waals surface area (Å²) >= 11 is 5.79. The Morgan fingerprint density at radius 2 is 2.00 bits per heavy atom. The molecule has 2 nitrogen and oxygen atoms in total. The highest BCUT2D eigenvalue weighted by Crippen LogP contribution is 2.24. The second-order valence-electron chi connectivity index (χ2n) is 3.73. The van der Waals surface area contributed by atoms with E-state index >= 15 is 0 Å². The van der Waals surface area contributed by atoms with E-state index in [1.807, 2.05) is 24.3 Å². The van der Waals surface area contributed by atoms with Crippen LogP contribution in [-0.2, 0) is 0 Å². The van der Waals surface area contributed by atoms with Crippen LogP contribution in [0.15, 0.2) is 24.3 Å². The molecule has 0 bridgehead atoms. The Bertz CT molecular complexity index is 295. The van der Waals surface area contributed by atoms with Gasteiger partial charge in [-0.2, -0.15) is 0 Å². The van der Waals surface area contributed by atoms with Gasteiger partial charge in [0.2, 0.25) is 0 Å². The predicted octanol–water partition coefficient (Wildman–Crippen LogP) is 2.13. The second kappa shape index (κ2) is 4.30. The third-order valence-electron chi connectivity index (χ3n) is 2.47. The highest BCUT2D eigenvalue weighted by molar-refractivity contribution is 6.30. The van der Waals surface area contributed by atoms with Gasteiger partial charge in [0.1, 0.15) is 0 Å². The van der Waals surface area contributed by atoms with Crippen molar-refractivity contribution in [3.63, 3.8) is 0 Å². The average Bonchev–Trinajstić information content (AvgIpc) is 3.00. The zero-order valence-corrected chi connectivity index (χ0v) is 8.67. The first-order valence-electron chi connectivity index (χ1n) is 4.92. The van der Waals surface area contributed by atoms with Crippen molar-refractivity contribution in [1.29, 1.82) is 0 Å². The van der Waals surface area contributed by atoms with Crippen LogP contribution in [0.3, 0.4) is 0 Å². The molecule has 3 heteroatoms. The van der Waals surface area contributed by atoms with Gasteiger partial charge in [-0.25, -0.2) is 0 Å². The van der Waals surface area contributed by atoms with E-state index in [-0.39, 0.29) is 12.6 Å². The quantitative estimate of drug-likeness (QED) is 0.800. The summed E-state index contributed by atoms with van der Waals surface area (Å²) in [6, 6.07) is 8.28. The monoisotopic (exact) mass is 211 g/mol. The van der Waals surface area contributed by atoms with Crippen molar-refractivity contribution in [1.82, 2.24) is 5.32 Å². The van der Waals surface area contributed by atoms with E-state index in [0.717, 1.165) is 10.6 Å². The zero-order valence-electron chi connectivity index (χ0n) is 7.91. The van der Waals surface area contributed by atoms with E-state index in [0.29, 0.717) is 6.04 Å². The molecule has 0 spiro atoms. The molecule has 1 aliphatic rings. The van der Waals surface area contributed by atoms with Crippen LogP contribution in [0.2, 0.25) is 5.02 Å². The van der Waals surface area contributed by atoms with E-state index < -0.39 is 0 Å². The van der Waals surface area contributed by atoms with Crippen LogP contribution in [-0.4, -0.2) is 17.8 Å². The largest absolute Gasteiger partial charge is 0.394 e. The lowest BCUT2D eigenvalue weighted by Crippen LogP contribution is -2.26. The number of nitrogens with one attached hydrogen (secondary N) is 1. The van der Waals surface area contributed by atoms with E-state index in [9.17, 15) is 5.11 Å². The molecule has 0 heterocycles. The maximum atomic E-state index is 9.23. The van der Waals surface area contributed by atoms with E-state index in [4.69, 9.17) is 11.6 Å². The van der Waals surface area contributed by atoms with Gasteiger partial charge in [-0.3, -0.25) is 0 Å². The number of aliphatic hydroxyl groups is 1. The Hall–Kier alpha value is -0.570. The summed E-state index contributed by atoms with van der Waals surface area (Å²) in [7, 11) is 0. The fourth-order valence-corrected chi connectivity index (χ4v) is 1.61. The second-order valence-corrected chi connectivity index (χ2v) is 4.16. The first kappa shape index (κ1) is 9.97. The van der Waals surface area contributed by atoms with Crippen LogP contribution in [0.5, 0.6) is 0 Å². The minimum Gasteiger partial charge on any atom is -0.394 e. The van der Waals surface area contributed by atoms with Gasteiger partial charge in [-0.1, -0.05) is 23.7 Å². The molecule has 0 aliphatic heterocycles. The van der Waals surface area contributed by atoms with Gasteiger partial charge in [-0.05, 0) is 30.5 Å². The Morgan fingerprint density at radius 3 is 2.50 bits per heavy atom. The Kier molecular flexibility index (Phi) is 3.06. The minimum absolute atomic E-state index is 0.0553. The summed E-state index contributed by atoms with van der Waals surface area (Å²) in [4.78, 5) is 0. The number of rotatable bonds is 4. The van der Waals surface area contributed by atoms with Crippen LogP contribution in [0, 0.1) is 0 Å². The van der Waals surface area contributed by atoms with Gasteiger partial charge in [0.25, 0.3) is 0 Å². The normalized spacial score (nSPS) is 18.1.